The molecule has 0 aromatic heterocycles. The molecule has 0 aliphatic heterocycles. The lowest BCUT2D eigenvalue weighted by atomic mass is 10.0. The number of rotatable bonds is 8. The van der Waals surface area contributed by atoms with Crippen molar-refractivity contribution >= 4 is 16.1 Å². The van der Waals surface area contributed by atoms with Gasteiger partial charge in [-0.2, -0.15) is 21.6 Å². The molecule has 0 amide bonds. The van der Waals surface area contributed by atoms with E-state index in [1.165, 1.54) is 0 Å². The van der Waals surface area contributed by atoms with Crippen molar-refractivity contribution in [1.82, 2.24) is 0 Å². The first kappa shape index (κ1) is 18.4. The molecule has 124 valence electrons. The lowest BCUT2D eigenvalue weighted by Crippen LogP contribution is -2.31. The first-order chi connectivity index (χ1) is 10.1. The lowest BCUT2D eigenvalue weighted by Gasteiger charge is -2.18. The predicted octanol–water partition coefficient (Wildman–Crippen LogP) is 2.72. The Labute approximate surface area is 125 Å². The van der Waals surface area contributed by atoms with Gasteiger partial charge in [0.1, 0.15) is 0 Å². The zero-order valence-corrected chi connectivity index (χ0v) is 12.2. The highest BCUT2D eigenvalue weighted by atomic mass is 32.2. The first-order valence-electron chi connectivity index (χ1n) is 6.37. The lowest BCUT2D eigenvalue weighted by molar-refractivity contribution is -0.137. The van der Waals surface area contributed by atoms with Crippen LogP contribution in [0.3, 0.4) is 0 Å². The van der Waals surface area contributed by atoms with Gasteiger partial charge in [-0.05, 0) is 18.4 Å². The Bertz CT molecular complexity index is 583. The van der Waals surface area contributed by atoms with Crippen molar-refractivity contribution in [1.29, 1.82) is 0 Å². The smallest absolute Gasteiger partial charge is 0.481 e. The Morgan fingerprint density at radius 1 is 1.23 bits per heavy atom. The number of hydrogen-bond donors (Lipinski definition) is 1. The van der Waals surface area contributed by atoms with Gasteiger partial charge in [-0.25, -0.2) is 0 Å². The molecule has 0 heterocycles. The molecule has 9 heteroatoms. The minimum Gasteiger partial charge on any atom is -0.481 e. The molecule has 0 saturated carbocycles. The summed E-state index contributed by atoms with van der Waals surface area (Å²) in [7, 11) is -5.72. The van der Waals surface area contributed by atoms with Gasteiger partial charge in [0, 0.05) is 12.8 Å². The van der Waals surface area contributed by atoms with Crippen molar-refractivity contribution in [2.75, 3.05) is 0 Å². The minimum atomic E-state index is -5.72. The van der Waals surface area contributed by atoms with Crippen molar-refractivity contribution in [3.8, 4) is 0 Å². The van der Waals surface area contributed by atoms with Gasteiger partial charge in [0.25, 0.3) is 0 Å². The monoisotopic (exact) mass is 340 g/mol. The summed E-state index contributed by atoms with van der Waals surface area (Å²) in [5, 5.41) is 8.54. The van der Waals surface area contributed by atoms with Crippen molar-refractivity contribution in [3.05, 3.63) is 35.9 Å². The van der Waals surface area contributed by atoms with Crippen LogP contribution in [0.5, 0.6) is 0 Å². The summed E-state index contributed by atoms with van der Waals surface area (Å²) >= 11 is 0. The number of aliphatic carboxylic acids is 1. The highest BCUT2D eigenvalue weighted by Gasteiger charge is 2.48. The van der Waals surface area contributed by atoms with Crippen LogP contribution in [0.2, 0.25) is 0 Å². The van der Waals surface area contributed by atoms with Crippen LogP contribution in [-0.2, 0) is 25.5 Å². The van der Waals surface area contributed by atoms with Crippen molar-refractivity contribution in [2.24, 2.45) is 0 Å². The van der Waals surface area contributed by atoms with Crippen molar-refractivity contribution in [2.45, 2.75) is 37.3 Å². The Morgan fingerprint density at radius 3 is 2.32 bits per heavy atom. The molecule has 0 unspecified atom stereocenters. The Morgan fingerprint density at radius 2 is 1.82 bits per heavy atom. The minimum absolute atomic E-state index is 0.0141. The zero-order chi connectivity index (χ0) is 16.8. The van der Waals surface area contributed by atoms with Crippen LogP contribution in [0.25, 0.3) is 0 Å². The summed E-state index contributed by atoms with van der Waals surface area (Å²) in [4.78, 5) is 10.4. The molecule has 1 rings (SSSR count). The SMILES string of the molecule is O=C(O)CCC[C@H](Cc1ccccc1)OS(=O)(=O)C(F)(F)F. The third kappa shape index (κ3) is 6.02. The molecule has 0 fully saturated rings. The van der Waals surface area contributed by atoms with Crippen molar-refractivity contribution < 1.29 is 35.7 Å². The van der Waals surface area contributed by atoms with E-state index in [0.29, 0.717) is 5.56 Å². The van der Waals surface area contributed by atoms with Gasteiger partial charge in [0.2, 0.25) is 0 Å². The molecule has 22 heavy (non-hydrogen) atoms. The van der Waals surface area contributed by atoms with E-state index < -0.39 is 27.7 Å². The molecule has 1 N–H and O–H groups in total. The highest BCUT2D eigenvalue weighted by Crippen LogP contribution is 2.27. The second kappa shape index (κ2) is 7.59. The number of carboxylic acids is 1. The number of carbonyl (C=O) groups is 1. The van der Waals surface area contributed by atoms with Gasteiger partial charge < -0.3 is 5.11 Å². The molecule has 0 saturated heterocycles. The Balaban J connectivity index is 2.80. The van der Waals surface area contributed by atoms with E-state index in [4.69, 9.17) is 5.11 Å². The zero-order valence-electron chi connectivity index (χ0n) is 11.4. The number of benzene rings is 1. The molecule has 1 aromatic carbocycles. The van der Waals surface area contributed by atoms with Crippen LogP contribution in [-0.4, -0.2) is 31.1 Å². The Kier molecular flexibility index (Phi) is 6.36. The van der Waals surface area contributed by atoms with Crippen LogP contribution in [0.15, 0.2) is 30.3 Å². The molecule has 1 aromatic rings. The second-order valence-corrected chi connectivity index (χ2v) is 6.16. The average Bonchev–Trinajstić information content (AvgIpc) is 2.37. The highest BCUT2D eigenvalue weighted by molar-refractivity contribution is 7.87. The summed E-state index contributed by atoms with van der Waals surface area (Å²) in [6, 6.07) is 8.25. The maximum atomic E-state index is 12.4. The van der Waals surface area contributed by atoms with E-state index in [2.05, 4.69) is 4.18 Å². The van der Waals surface area contributed by atoms with Crippen LogP contribution in [0.1, 0.15) is 24.8 Å². The summed E-state index contributed by atoms with van der Waals surface area (Å²) in [6.07, 6.45) is -1.71. The van der Waals surface area contributed by atoms with Gasteiger partial charge in [0.05, 0.1) is 6.10 Å². The van der Waals surface area contributed by atoms with E-state index in [0.717, 1.165) is 0 Å². The molecule has 0 spiro atoms. The van der Waals surface area contributed by atoms with Crippen LogP contribution in [0, 0.1) is 0 Å². The van der Waals surface area contributed by atoms with E-state index in [-0.39, 0.29) is 25.7 Å². The van der Waals surface area contributed by atoms with E-state index in [1.807, 2.05) is 0 Å². The Hall–Kier alpha value is -1.61. The molecule has 5 nitrogen and oxygen atoms in total. The number of hydrogen-bond acceptors (Lipinski definition) is 4. The van der Waals surface area contributed by atoms with Crippen LogP contribution in [0.4, 0.5) is 13.2 Å². The van der Waals surface area contributed by atoms with E-state index in [9.17, 15) is 26.4 Å². The molecule has 0 aliphatic carbocycles. The summed E-state index contributed by atoms with van der Waals surface area (Å²) in [5.41, 5.74) is -4.91. The molecular weight excluding hydrogens is 325 g/mol. The number of halogens is 3. The van der Waals surface area contributed by atoms with Crippen LogP contribution < -0.4 is 0 Å². The molecule has 1 atom stereocenters. The van der Waals surface area contributed by atoms with Gasteiger partial charge in [0.15, 0.2) is 0 Å². The quantitative estimate of drug-likeness (QED) is 0.581. The van der Waals surface area contributed by atoms with Crippen LogP contribution >= 0.6 is 0 Å². The van der Waals surface area contributed by atoms with E-state index >= 15 is 0 Å². The predicted molar refractivity (Wildman–Crippen MR) is 71.5 cm³/mol. The fraction of sp³-hybridized carbons (Fsp3) is 0.462. The topological polar surface area (TPSA) is 80.7 Å². The maximum absolute atomic E-state index is 12.4. The molecule has 0 aliphatic rings. The standard InChI is InChI=1S/C13H15F3O5S/c14-13(15,16)22(19,20)21-11(7-4-8-12(17)18)9-10-5-2-1-3-6-10/h1-3,5-6,11H,4,7-9H2,(H,17,18)/t11-/m1/s1. The van der Waals surface area contributed by atoms with Crippen molar-refractivity contribution in [3.63, 3.8) is 0 Å². The summed E-state index contributed by atoms with van der Waals surface area (Å²) in [5.74, 6) is -1.11. The third-order valence-electron chi connectivity index (χ3n) is 2.77. The van der Waals surface area contributed by atoms with E-state index in [1.54, 1.807) is 30.3 Å². The van der Waals surface area contributed by atoms with Gasteiger partial charge in [-0.1, -0.05) is 30.3 Å². The van der Waals surface area contributed by atoms with Gasteiger partial charge in [-0.15, -0.1) is 0 Å². The molecule has 0 bridgehead atoms. The molecule has 0 radical (unpaired) electrons. The second-order valence-electron chi connectivity index (χ2n) is 4.59. The first-order valence-corrected chi connectivity index (χ1v) is 7.78. The maximum Gasteiger partial charge on any atom is 0.523 e. The average molecular weight is 340 g/mol. The third-order valence-corrected chi connectivity index (χ3v) is 3.86. The fourth-order valence-electron chi connectivity index (χ4n) is 1.78. The number of alkyl halides is 3. The summed E-state index contributed by atoms with van der Waals surface area (Å²) < 4.78 is 63.5. The summed E-state index contributed by atoms with van der Waals surface area (Å²) in [6.45, 7) is 0. The molecular formula is C13H15F3O5S. The van der Waals surface area contributed by atoms with Gasteiger partial charge in [-0.3, -0.25) is 8.98 Å². The fourth-order valence-corrected chi connectivity index (χ4v) is 2.41. The normalized spacial score (nSPS) is 13.8. The largest absolute Gasteiger partial charge is 0.523 e. The van der Waals surface area contributed by atoms with Gasteiger partial charge >= 0.3 is 21.6 Å². The number of carboxylic acid groups (broad SMARTS) is 1.